The average Bonchev–Trinajstić information content (AvgIpc) is 3.15. The van der Waals surface area contributed by atoms with Crippen LogP contribution < -0.4 is 4.74 Å². The van der Waals surface area contributed by atoms with Crippen molar-refractivity contribution < 1.29 is 19.4 Å². The first-order valence-electron chi connectivity index (χ1n) is 12.2. The molecule has 3 aromatic rings. The minimum absolute atomic E-state index is 0.110. The van der Waals surface area contributed by atoms with Crippen LogP contribution in [0.1, 0.15) is 54.5 Å². The van der Waals surface area contributed by atoms with Crippen LogP contribution in [0.15, 0.2) is 66.7 Å². The van der Waals surface area contributed by atoms with E-state index in [1.54, 1.807) is 18.2 Å². The SMILES string of the molecule is CC(C)c1ccc(CC2(C)Cc3cc(CC(=O)N(CC(=O)O)Cc4ccccc4Cl)ccc3O2)cc1. The van der Waals surface area contributed by atoms with E-state index in [0.29, 0.717) is 16.5 Å². The lowest BCUT2D eigenvalue weighted by Gasteiger charge is -2.24. The summed E-state index contributed by atoms with van der Waals surface area (Å²) in [5.74, 6) is 0.0175. The number of carbonyl (C=O) groups excluding carboxylic acids is 1. The van der Waals surface area contributed by atoms with E-state index in [9.17, 15) is 14.7 Å². The molecule has 3 aromatic carbocycles. The molecule has 0 saturated heterocycles. The van der Waals surface area contributed by atoms with Crippen molar-refractivity contribution in [3.63, 3.8) is 0 Å². The molecule has 1 atom stereocenters. The van der Waals surface area contributed by atoms with Gasteiger partial charge in [-0.05, 0) is 52.8 Å². The number of aliphatic carboxylic acids is 1. The van der Waals surface area contributed by atoms with Crippen molar-refractivity contribution in [1.29, 1.82) is 0 Å². The van der Waals surface area contributed by atoms with E-state index in [1.807, 2.05) is 24.3 Å². The lowest BCUT2D eigenvalue weighted by Crippen LogP contribution is -2.36. The van der Waals surface area contributed by atoms with Crippen molar-refractivity contribution in [2.24, 2.45) is 0 Å². The largest absolute Gasteiger partial charge is 0.487 e. The van der Waals surface area contributed by atoms with Crippen molar-refractivity contribution in [2.75, 3.05) is 6.54 Å². The molecular formula is C30H32ClNO4. The van der Waals surface area contributed by atoms with E-state index in [0.717, 1.165) is 29.7 Å². The van der Waals surface area contributed by atoms with Gasteiger partial charge in [-0.3, -0.25) is 9.59 Å². The van der Waals surface area contributed by atoms with Crippen LogP contribution in [0.5, 0.6) is 5.75 Å². The second-order valence-corrected chi connectivity index (χ2v) is 10.6. The number of carboxylic acid groups (broad SMARTS) is 1. The number of benzene rings is 3. The lowest BCUT2D eigenvalue weighted by molar-refractivity contribution is -0.144. The molecule has 6 heteroatoms. The normalized spacial score (nSPS) is 16.5. The number of rotatable bonds is 9. The Balaban J connectivity index is 1.44. The molecule has 36 heavy (non-hydrogen) atoms. The maximum atomic E-state index is 13.1. The first kappa shape index (κ1) is 25.8. The Morgan fingerprint density at radius 3 is 2.42 bits per heavy atom. The fourth-order valence-corrected chi connectivity index (χ4v) is 4.95. The van der Waals surface area contributed by atoms with E-state index in [1.165, 1.54) is 16.0 Å². The van der Waals surface area contributed by atoms with Gasteiger partial charge in [0.1, 0.15) is 17.9 Å². The van der Waals surface area contributed by atoms with Crippen LogP contribution in [0.25, 0.3) is 0 Å². The standard InChI is InChI=1S/C30H32ClNO4/c1-20(2)23-11-8-21(9-12-23)16-30(3)17-25-14-22(10-13-27(25)36-30)15-28(33)32(19-29(34)35)18-24-6-4-5-7-26(24)31/h4-14,20H,15-19H2,1-3H3,(H,34,35). The zero-order valence-electron chi connectivity index (χ0n) is 21.0. The van der Waals surface area contributed by atoms with Gasteiger partial charge in [0, 0.05) is 24.4 Å². The first-order valence-corrected chi connectivity index (χ1v) is 12.6. The Labute approximate surface area is 217 Å². The summed E-state index contributed by atoms with van der Waals surface area (Å²) in [5, 5.41) is 9.86. The smallest absolute Gasteiger partial charge is 0.323 e. The van der Waals surface area contributed by atoms with Gasteiger partial charge in [-0.2, -0.15) is 0 Å². The summed E-state index contributed by atoms with van der Waals surface area (Å²) in [6.45, 7) is 6.25. The third kappa shape index (κ3) is 6.27. The maximum absolute atomic E-state index is 13.1. The summed E-state index contributed by atoms with van der Waals surface area (Å²) in [6, 6.07) is 21.7. The fraction of sp³-hybridized carbons (Fsp3) is 0.333. The van der Waals surface area contributed by atoms with Gasteiger partial charge in [-0.15, -0.1) is 0 Å². The third-order valence-corrected chi connectivity index (χ3v) is 6.99. The zero-order valence-corrected chi connectivity index (χ0v) is 21.7. The van der Waals surface area contributed by atoms with Crippen molar-refractivity contribution in [1.82, 2.24) is 4.90 Å². The van der Waals surface area contributed by atoms with Crippen LogP contribution in [-0.2, 0) is 35.4 Å². The highest BCUT2D eigenvalue weighted by molar-refractivity contribution is 6.31. The molecule has 1 unspecified atom stereocenters. The highest BCUT2D eigenvalue weighted by Gasteiger charge is 2.35. The van der Waals surface area contributed by atoms with E-state index in [4.69, 9.17) is 16.3 Å². The quantitative estimate of drug-likeness (QED) is 0.384. The molecule has 0 radical (unpaired) electrons. The summed E-state index contributed by atoms with van der Waals surface area (Å²) in [7, 11) is 0. The highest BCUT2D eigenvalue weighted by Crippen LogP contribution is 2.37. The molecule has 1 aliphatic heterocycles. The van der Waals surface area contributed by atoms with Gasteiger partial charge < -0.3 is 14.7 Å². The fourth-order valence-electron chi connectivity index (χ4n) is 4.75. The molecule has 1 heterocycles. The van der Waals surface area contributed by atoms with Gasteiger partial charge >= 0.3 is 5.97 Å². The Morgan fingerprint density at radius 1 is 1.06 bits per heavy atom. The zero-order chi connectivity index (χ0) is 25.9. The summed E-state index contributed by atoms with van der Waals surface area (Å²) < 4.78 is 6.34. The molecule has 0 spiro atoms. The average molecular weight is 506 g/mol. The Kier molecular flexibility index (Phi) is 7.70. The minimum Gasteiger partial charge on any atom is -0.487 e. The van der Waals surface area contributed by atoms with Gasteiger partial charge in [0.15, 0.2) is 0 Å². The molecule has 188 valence electrons. The molecule has 4 rings (SSSR count). The lowest BCUT2D eigenvalue weighted by atomic mass is 9.90. The van der Waals surface area contributed by atoms with Crippen molar-refractivity contribution in [3.8, 4) is 5.75 Å². The Hall–Kier alpha value is -3.31. The molecule has 1 amide bonds. The number of carbonyl (C=O) groups is 2. The van der Waals surface area contributed by atoms with Crippen LogP contribution in [0.2, 0.25) is 5.02 Å². The van der Waals surface area contributed by atoms with Crippen molar-refractivity contribution in [2.45, 2.75) is 58.1 Å². The van der Waals surface area contributed by atoms with E-state index < -0.39 is 5.97 Å². The van der Waals surface area contributed by atoms with E-state index >= 15 is 0 Å². The number of nitrogens with zero attached hydrogens (tertiary/aromatic N) is 1. The summed E-state index contributed by atoms with van der Waals surface area (Å²) in [5.41, 5.74) is 4.81. The molecule has 0 saturated carbocycles. The number of ether oxygens (including phenoxy) is 1. The van der Waals surface area contributed by atoms with Crippen LogP contribution in [0.3, 0.4) is 0 Å². The maximum Gasteiger partial charge on any atom is 0.323 e. The third-order valence-electron chi connectivity index (χ3n) is 6.62. The van der Waals surface area contributed by atoms with E-state index in [2.05, 4.69) is 45.0 Å². The monoisotopic (exact) mass is 505 g/mol. The number of carboxylic acids is 1. The topological polar surface area (TPSA) is 66.8 Å². The molecular weight excluding hydrogens is 474 g/mol. The number of hydrogen-bond acceptors (Lipinski definition) is 3. The molecule has 1 N–H and O–H groups in total. The molecule has 5 nitrogen and oxygen atoms in total. The second kappa shape index (κ2) is 10.8. The highest BCUT2D eigenvalue weighted by atomic mass is 35.5. The first-order chi connectivity index (χ1) is 17.1. The van der Waals surface area contributed by atoms with Crippen molar-refractivity contribution in [3.05, 3.63) is 99.6 Å². The molecule has 0 fully saturated rings. The Bertz CT molecular complexity index is 1250. The molecule has 0 aromatic heterocycles. The molecule has 1 aliphatic rings. The van der Waals surface area contributed by atoms with Gasteiger partial charge in [0.05, 0.1) is 6.42 Å². The predicted molar refractivity (Wildman–Crippen MR) is 142 cm³/mol. The van der Waals surface area contributed by atoms with Gasteiger partial charge in [0.2, 0.25) is 5.91 Å². The van der Waals surface area contributed by atoms with Crippen LogP contribution in [0, 0.1) is 0 Å². The predicted octanol–water partition coefficient (Wildman–Crippen LogP) is 6.06. The Morgan fingerprint density at radius 2 is 1.75 bits per heavy atom. The minimum atomic E-state index is -1.06. The van der Waals surface area contributed by atoms with Crippen LogP contribution in [0.4, 0.5) is 0 Å². The van der Waals surface area contributed by atoms with Gasteiger partial charge in [-0.1, -0.05) is 80.0 Å². The second-order valence-electron chi connectivity index (χ2n) is 10.2. The van der Waals surface area contributed by atoms with Crippen LogP contribution >= 0.6 is 11.6 Å². The van der Waals surface area contributed by atoms with Crippen LogP contribution in [-0.4, -0.2) is 34.0 Å². The number of fused-ring (bicyclic) bond motifs is 1. The molecule has 0 bridgehead atoms. The van der Waals surface area contributed by atoms with Gasteiger partial charge in [-0.25, -0.2) is 0 Å². The number of amides is 1. The molecule has 0 aliphatic carbocycles. The summed E-state index contributed by atoms with van der Waals surface area (Å²) in [6.07, 6.45) is 1.64. The number of halogens is 1. The van der Waals surface area contributed by atoms with Crippen molar-refractivity contribution >= 4 is 23.5 Å². The number of hydrogen-bond donors (Lipinski definition) is 1. The summed E-state index contributed by atoms with van der Waals surface area (Å²) in [4.78, 5) is 25.9. The summed E-state index contributed by atoms with van der Waals surface area (Å²) >= 11 is 6.24. The van der Waals surface area contributed by atoms with E-state index in [-0.39, 0.29) is 31.0 Å². The van der Waals surface area contributed by atoms with Gasteiger partial charge in [0.25, 0.3) is 0 Å².